The van der Waals surface area contributed by atoms with Crippen molar-refractivity contribution in [1.82, 2.24) is 0 Å². The minimum atomic E-state index is -0.489. The van der Waals surface area contributed by atoms with Crippen molar-refractivity contribution >= 4 is 17.5 Å². The second-order valence-electron chi connectivity index (χ2n) is 7.29. The smallest absolute Gasteiger partial charge is 0.414 e. The van der Waals surface area contributed by atoms with E-state index in [1.807, 2.05) is 26.8 Å². The van der Waals surface area contributed by atoms with E-state index in [2.05, 4.69) is 17.4 Å². The summed E-state index contributed by atoms with van der Waals surface area (Å²) in [5.74, 6) is 0. The molecule has 1 aromatic carbocycles. The Morgan fingerprint density at radius 1 is 1.29 bits per heavy atom. The summed E-state index contributed by atoms with van der Waals surface area (Å²) < 4.78 is 5.54. The fourth-order valence-electron chi connectivity index (χ4n) is 2.84. The summed E-state index contributed by atoms with van der Waals surface area (Å²) in [5.41, 5.74) is 2.68. The van der Waals surface area contributed by atoms with E-state index in [1.165, 1.54) is 5.56 Å². The van der Waals surface area contributed by atoms with Crippen LogP contribution in [0.15, 0.2) is 18.2 Å². The average molecular weight is 334 g/mol. The number of fused-ring (bicyclic) bond motifs is 1. The number of hydrogen-bond acceptors (Lipinski definition) is 4. The standard InChI is InChI=1S/C19H30N2O3/c1-19(2,3)24-18(23)21-12-7-8-15-9-10-16(14-17(15)21)20-11-5-4-6-13-22/h9-10,14,20,22H,4-8,11-13H2,1-3H3. The minimum Gasteiger partial charge on any atom is -0.443 e. The van der Waals surface area contributed by atoms with Crippen molar-refractivity contribution in [3.8, 4) is 0 Å². The monoisotopic (exact) mass is 334 g/mol. The fourth-order valence-corrected chi connectivity index (χ4v) is 2.84. The summed E-state index contributed by atoms with van der Waals surface area (Å²) in [5, 5.41) is 12.2. The maximum Gasteiger partial charge on any atom is 0.414 e. The van der Waals surface area contributed by atoms with E-state index in [1.54, 1.807) is 4.90 Å². The summed E-state index contributed by atoms with van der Waals surface area (Å²) >= 11 is 0. The molecule has 5 nitrogen and oxygen atoms in total. The predicted octanol–water partition coefficient (Wildman–Crippen LogP) is 3.95. The first-order valence-electron chi connectivity index (χ1n) is 8.89. The molecule has 0 saturated heterocycles. The summed E-state index contributed by atoms with van der Waals surface area (Å²) in [6.07, 6.45) is 4.55. The molecule has 1 aliphatic heterocycles. The van der Waals surface area contributed by atoms with E-state index in [9.17, 15) is 4.79 Å². The van der Waals surface area contributed by atoms with E-state index in [4.69, 9.17) is 9.84 Å². The largest absolute Gasteiger partial charge is 0.443 e. The minimum absolute atomic E-state index is 0.254. The first kappa shape index (κ1) is 18.6. The molecule has 1 aromatic rings. The van der Waals surface area contributed by atoms with Crippen LogP contribution in [0, 0.1) is 0 Å². The van der Waals surface area contributed by atoms with Gasteiger partial charge >= 0.3 is 6.09 Å². The van der Waals surface area contributed by atoms with Crippen molar-refractivity contribution in [1.29, 1.82) is 0 Å². The number of nitrogens with one attached hydrogen (secondary N) is 1. The van der Waals surface area contributed by atoms with Crippen molar-refractivity contribution in [2.75, 3.05) is 29.9 Å². The Kier molecular flexibility index (Phi) is 6.49. The predicted molar refractivity (Wildman–Crippen MR) is 97.8 cm³/mol. The van der Waals surface area contributed by atoms with Crippen molar-refractivity contribution in [2.45, 2.75) is 58.5 Å². The van der Waals surface area contributed by atoms with Gasteiger partial charge in [0.1, 0.15) is 5.60 Å². The number of ether oxygens (including phenoxy) is 1. The Labute approximate surface area is 145 Å². The van der Waals surface area contributed by atoms with Gasteiger partial charge in [-0.25, -0.2) is 4.79 Å². The van der Waals surface area contributed by atoms with Gasteiger partial charge < -0.3 is 15.2 Å². The van der Waals surface area contributed by atoms with Crippen LogP contribution in [0.4, 0.5) is 16.2 Å². The highest BCUT2D eigenvalue weighted by Crippen LogP contribution is 2.31. The van der Waals surface area contributed by atoms with E-state index >= 15 is 0 Å². The first-order valence-corrected chi connectivity index (χ1v) is 8.89. The van der Waals surface area contributed by atoms with E-state index in [0.717, 1.165) is 50.0 Å². The van der Waals surface area contributed by atoms with Gasteiger partial charge in [-0.05, 0) is 70.6 Å². The van der Waals surface area contributed by atoms with Crippen LogP contribution < -0.4 is 10.2 Å². The zero-order chi connectivity index (χ0) is 17.6. The number of nitrogens with zero attached hydrogens (tertiary/aromatic N) is 1. The Balaban J connectivity index is 2.04. The SMILES string of the molecule is CC(C)(C)OC(=O)N1CCCc2ccc(NCCCCCO)cc21. The number of carbonyl (C=O) groups excluding carboxylic acids is 1. The molecule has 0 saturated carbocycles. The fraction of sp³-hybridized carbons (Fsp3) is 0.632. The van der Waals surface area contributed by atoms with Gasteiger partial charge in [-0.3, -0.25) is 4.90 Å². The average Bonchev–Trinajstić information content (AvgIpc) is 2.52. The maximum absolute atomic E-state index is 12.5. The number of benzene rings is 1. The number of carbonyl (C=O) groups is 1. The molecule has 0 fully saturated rings. The third-order valence-corrected chi connectivity index (χ3v) is 3.98. The van der Waals surface area contributed by atoms with Crippen LogP contribution in [0.5, 0.6) is 0 Å². The highest BCUT2D eigenvalue weighted by molar-refractivity contribution is 5.90. The highest BCUT2D eigenvalue weighted by atomic mass is 16.6. The lowest BCUT2D eigenvalue weighted by molar-refractivity contribution is 0.0578. The molecule has 1 amide bonds. The summed E-state index contributed by atoms with van der Waals surface area (Å²) in [4.78, 5) is 14.2. The van der Waals surface area contributed by atoms with Gasteiger partial charge in [0, 0.05) is 25.4 Å². The van der Waals surface area contributed by atoms with E-state index in [-0.39, 0.29) is 12.7 Å². The van der Waals surface area contributed by atoms with Gasteiger partial charge in [0.15, 0.2) is 0 Å². The van der Waals surface area contributed by atoms with Crippen molar-refractivity contribution in [3.05, 3.63) is 23.8 Å². The first-order chi connectivity index (χ1) is 11.4. The molecule has 0 atom stereocenters. The Morgan fingerprint density at radius 2 is 2.08 bits per heavy atom. The lowest BCUT2D eigenvalue weighted by Crippen LogP contribution is -2.39. The zero-order valence-corrected chi connectivity index (χ0v) is 15.1. The normalized spacial score (nSPS) is 14.2. The zero-order valence-electron chi connectivity index (χ0n) is 15.1. The highest BCUT2D eigenvalue weighted by Gasteiger charge is 2.27. The Bertz CT molecular complexity index is 552. The Hall–Kier alpha value is -1.75. The molecule has 5 heteroatoms. The van der Waals surface area contributed by atoms with Crippen LogP contribution in [0.25, 0.3) is 0 Å². The van der Waals surface area contributed by atoms with Crippen LogP contribution in [0.1, 0.15) is 52.0 Å². The molecule has 0 aliphatic carbocycles. The van der Waals surface area contributed by atoms with Gasteiger partial charge in [-0.15, -0.1) is 0 Å². The number of anilines is 2. The Morgan fingerprint density at radius 3 is 2.79 bits per heavy atom. The van der Waals surface area contributed by atoms with Crippen molar-refractivity contribution < 1.29 is 14.6 Å². The van der Waals surface area contributed by atoms with Crippen molar-refractivity contribution in [3.63, 3.8) is 0 Å². The van der Waals surface area contributed by atoms with Crippen LogP contribution in [0.2, 0.25) is 0 Å². The molecule has 0 bridgehead atoms. The third-order valence-electron chi connectivity index (χ3n) is 3.98. The van der Waals surface area contributed by atoms with Gasteiger partial charge in [-0.2, -0.15) is 0 Å². The number of aryl methyl sites for hydroxylation is 1. The third kappa shape index (κ3) is 5.41. The topological polar surface area (TPSA) is 61.8 Å². The van der Waals surface area contributed by atoms with Gasteiger partial charge in [0.2, 0.25) is 0 Å². The number of unbranched alkanes of at least 4 members (excludes halogenated alkanes) is 2. The molecule has 24 heavy (non-hydrogen) atoms. The number of aliphatic hydroxyl groups excluding tert-OH is 1. The summed E-state index contributed by atoms with van der Waals surface area (Å²) in [7, 11) is 0. The molecular weight excluding hydrogens is 304 g/mol. The molecule has 0 unspecified atom stereocenters. The second-order valence-corrected chi connectivity index (χ2v) is 7.29. The van der Waals surface area contributed by atoms with Gasteiger partial charge in [0.05, 0.1) is 5.69 Å². The molecule has 2 N–H and O–H groups in total. The van der Waals surface area contributed by atoms with Gasteiger partial charge in [-0.1, -0.05) is 6.07 Å². The lowest BCUT2D eigenvalue weighted by Gasteiger charge is -2.32. The van der Waals surface area contributed by atoms with Crippen LogP contribution in [-0.4, -0.2) is 36.5 Å². The molecule has 1 heterocycles. The quantitative estimate of drug-likeness (QED) is 0.773. The molecule has 2 rings (SSSR count). The lowest BCUT2D eigenvalue weighted by atomic mass is 10.0. The number of hydrogen-bond donors (Lipinski definition) is 2. The van der Waals surface area contributed by atoms with Crippen LogP contribution >= 0.6 is 0 Å². The summed E-state index contributed by atoms with van der Waals surface area (Å²) in [6, 6.07) is 6.22. The van der Waals surface area contributed by atoms with Crippen molar-refractivity contribution in [2.24, 2.45) is 0 Å². The molecule has 0 aromatic heterocycles. The maximum atomic E-state index is 12.5. The molecule has 0 radical (unpaired) electrons. The van der Waals surface area contributed by atoms with E-state index < -0.39 is 5.60 Å². The molecule has 134 valence electrons. The van der Waals surface area contributed by atoms with Crippen LogP contribution in [-0.2, 0) is 11.2 Å². The number of amides is 1. The molecule has 0 spiro atoms. The molecular formula is C19H30N2O3. The second kappa shape index (κ2) is 8.38. The molecule has 1 aliphatic rings. The summed E-state index contributed by atoms with van der Waals surface area (Å²) in [6.45, 7) is 7.48. The van der Waals surface area contributed by atoms with E-state index in [0.29, 0.717) is 6.54 Å². The van der Waals surface area contributed by atoms with Gasteiger partial charge in [0.25, 0.3) is 0 Å². The number of aliphatic hydroxyl groups is 1. The number of rotatable bonds is 6. The van der Waals surface area contributed by atoms with Crippen LogP contribution in [0.3, 0.4) is 0 Å².